The Morgan fingerprint density at radius 2 is 1.62 bits per heavy atom. The van der Waals surface area contributed by atoms with Gasteiger partial charge in [0.05, 0.1) is 17.8 Å². The molecular formula is C12H11F5N4. The molecule has 1 unspecified atom stereocenters. The molecular weight excluding hydrogens is 295 g/mol. The molecule has 1 heterocycles. The number of rotatable bonds is 4. The Hall–Kier alpha value is -2.00. The van der Waals surface area contributed by atoms with Gasteiger partial charge in [0.2, 0.25) is 5.82 Å². The zero-order chi connectivity index (χ0) is 15.7. The van der Waals surface area contributed by atoms with E-state index in [0.29, 0.717) is 6.54 Å². The number of nitrogens with one attached hydrogen (secondary N) is 1. The molecule has 0 aliphatic heterocycles. The number of hydrazine groups is 1. The van der Waals surface area contributed by atoms with Crippen LogP contribution in [0, 0.1) is 29.1 Å². The van der Waals surface area contributed by atoms with Crippen molar-refractivity contribution in [2.75, 3.05) is 0 Å². The summed E-state index contributed by atoms with van der Waals surface area (Å²) in [5.41, 5.74) is 1.16. The smallest absolute Gasteiger partial charge is 0.200 e. The molecule has 0 fully saturated rings. The maximum atomic E-state index is 13.8. The van der Waals surface area contributed by atoms with Crippen LogP contribution < -0.4 is 11.3 Å². The van der Waals surface area contributed by atoms with E-state index in [0.717, 1.165) is 0 Å². The third-order valence-electron chi connectivity index (χ3n) is 3.01. The van der Waals surface area contributed by atoms with Crippen molar-refractivity contribution in [1.29, 1.82) is 0 Å². The van der Waals surface area contributed by atoms with Crippen LogP contribution in [-0.4, -0.2) is 9.78 Å². The van der Waals surface area contributed by atoms with Gasteiger partial charge in [-0.2, -0.15) is 5.10 Å². The van der Waals surface area contributed by atoms with Gasteiger partial charge in [-0.3, -0.25) is 10.5 Å². The first-order valence-corrected chi connectivity index (χ1v) is 5.92. The number of hydrogen-bond acceptors (Lipinski definition) is 3. The Kier molecular flexibility index (Phi) is 4.24. The van der Waals surface area contributed by atoms with E-state index in [-0.39, 0.29) is 5.56 Å². The van der Waals surface area contributed by atoms with E-state index in [1.54, 1.807) is 6.92 Å². The topological polar surface area (TPSA) is 55.9 Å². The highest BCUT2D eigenvalue weighted by atomic mass is 19.2. The predicted octanol–water partition coefficient (Wildman–Crippen LogP) is 2.15. The Labute approximate surface area is 116 Å². The van der Waals surface area contributed by atoms with E-state index >= 15 is 0 Å². The maximum Gasteiger partial charge on any atom is 0.200 e. The molecule has 0 aliphatic carbocycles. The molecule has 1 aromatic heterocycles. The molecule has 4 nitrogen and oxygen atoms in total. The fourth-order valence-electron chi connectivity index (χ4n) is 1.92. The lowest BCUT2D eigenvalue weighted by molar-refractivity contribution is 0.362. The summed E-state index contributed by atoms with van der Waals surface area (Å²) < 4.78 is 68.5. The molecule has 0 aliphatic rings. The second-order valence-electron chi connectivity index (χ2n) is 4.21. The summed E-state index contributed by atoms with van der Waals surface area (Å²) in [6.07, 6.45) is 2.62. The normalized spacial score (nSPS) is 12.7. The number of nitrogens with two attached hydrogens (primary N) is 1. The van der Waals surface area contributed by atoms with Crippen LogP contribution in [0.25, 0.3) is 0 Å². The maximum absolute atomic E-state index is 13.8. The molecule has 2 aromatic rings. The number of aryl methyl sites for hydroxylation is 1. The lowest BCUT2D eigenvalue weighted by Gasteiger charge is -2.17. The van der Waals surface area contributed by atoms with E-state index in [1.165, 1.54) is 17.1 Å². The molecule has 1 atom stereocenters. The fraction of sp³-hybridized carbons (Fsp3) is 0.250. The average molecular weight is 306 g/mol. The molecule has 2 rings (SSSR count). The largest absolute Gasteiger partial charge is 0.273 e. The minimum Gasteiger partial charge on any atom is -0.273 e. The fourth-order valence-corrected chi connectivity index (χ4v) is 1.92. The zero-order valence-corrected chi connectivity index (χ0v) is 10.8. The van der Waals surface area contributed by atoms with Crippen LogP contribution in [0.4, 0.5) is 22.0 Å². The van der Waals surface area contributed by atoms with Gasteiger partial charge in [-0.05, 0) is 6.92 Å². The first-order chi connectivity index (χ1) is 9.92. The van der Waals surface area contributed by atoms with Crippen molar-refractivity contribution in [2.24, 2.45) is 5.84 Å². The van der Waals surface area contributed by atoms with Crippen LogP contribution in [0.3, 0.4) is 0 Å². The third kappa shape index (κ3) is 2.49. The third-order valence-corrected chi connectivity index (χ3v) is 3.01. The van der Waals surface area contributed by atoms with Gasteiger partial charge in [0.1, 0.15) is 0 Å². The van der Waals surface area contributed by atoms with Crippen LogP contribution in [0.15, 0.2) is 12.4 Å². The van der Waals surface area contributed by atoms with Crippen LogP contribution in [-0.2, 0) is 6.54 Å². The van der Waals surface area contributed by atoms with Crippen molar-refractivity contribution in [3.8, 4) is 0 Å². The summed E-state index contributed by atoms with van der Waals surface area (Å²) in [6, 6.07) is -1.42. The monoisotopic (exact) mass is 306 g/mol. The van der Waals surface area contributed by atoms with Gasteiger partial charge in [-0.1, -0.05) is 0 Å². The highest BCUT2D eigenvalue weighted by molar-refractivity contribution is 5.33. The number of nitrogens with zero attached hydrogens (tertiary/aromatic N) is 2. The van der Waals surface area contributed by atoms with Crippen molar-refractivity contribution < 1.29 is 22.0 Å². The molecule has 21 heavy (non-hydrogen) atoms. The predicted molar refractivity (Wildman–Crippen MR) is 63.3 cm³/mol. The molecule has 0 bridgehead atoms. The van der Waals surface area contributed by atoms with Gasteiger partial charge >= 0.3 is 0 Å². The minimum atomic E-state index is -2.21. The summed E-state index contributed by atoms with van der Waals surface area (Å²) in [6.45, 7) is 2.23. The molecule has 1 aromatic carbocycles. The standard InChI is InChI=1S/C12H11F5N4/c1-2-21-4-5(3-19-21)12(20-18)6-7(13)9(15)11(17)10(16)8(6)14/h3-4,12,20H,2,18H2,1H3. The first-order valence-electron chi connectivity index (χ1n) is 5.92. The zero-order valence-electron chi connectivity index (χ0n) is 10.8. The SMILES string of the molecule is CCn1cc(C(NN)c2c(F)c(F)c(F)c(F)c2F)cn1. The molecule has 3 N–H and O–H groups in total. The van der Waals surface area contributed by atoms with Gasteiger partial charge in [-0.25, -0.2) is 27.4 Å². The molecule has 114 valence electrons. The summed E-state index contributed by atoms with van der Waals surface area (Å²) in [5.74, 6) is -4.92. The van der Waals surface area contributed by atoms with E-state index < -0.39 is 40.7 Å². The van der Waals surface area contributed by atoms with Crippen LogP contribution in [0.5, 0.6) is 0 Å². The van der Waals surface area contributed by atoms with Gasteiger partial charge < -0.3 is 0 Å². The Bertz CT molecular complexity index is 641. The summed E-state index contributed by atoms with van der Waals surface area (Å²) >= 11 is 0. The van der Waals surface area contributed by atoms with Crippen LogP contribution >= 0.6 is 0 Å². The quantitative estimate of drug-likeness (QED) is 0.299. The number of halogens is 5. The Balaban J connectivity index is 2.62. The van der Waals surface area contributed by atoms with Gasteiger partial charge in [0, 0.05) is 18.3 Å². The lowest BCUT2D eigenvalue weighted by atomic mass is 10.00. The van der Waals surface area contributed by atoms with E-state index in [4.69, 9.17) is 5.84 Å². The first kappa shape index (κ1) is 15.4. The van der Waals surface area contributed by atoms with Crippen LogP contribution in [0.2, 0.25) is 0 Å². The van der Waals surface area contributed by atoms with Gasteiger partial charge in [0.25, 0.3) is 0 Å². The van der Waals surface area contributed by atoms with E-state index in [2.05, 4.69) is 5.10 Å². The van der Waals surface area contributed by atoms with Crippen molar-refractivity contribution in [3.05, 3.63) is 52.6 Å². The van der Waals surface area contributed by atoms with Crippen molar-refractivity contribution in [2.45, 2.75) is 19.5 Å². The Morgan fingerprint density at radius 1 is 1.10 bits per heavy atom. The summed E-state index contributed by atoms with van der Waals surface area (Å²) in [7, 11) is 0. The highest BCUT2D eigenvalue weighted by Gasteiger charge is 2.31. The van der Waals surface area contributed by atoms with Gasteiger partial charge in [-0.15, -0.1) is 0 Å². The number of aromatic nitrogens is 2. The average Bonchev–Trinajstić information content (AvgIpc) is 2.96. The van der Waals surface area contributed by atoms with Crippen molar-refractivity contribution in [3.63, 3.8) is 0 Å². The molecule has 0 amide bonds. The van der Waals surface area contributed by atoms with E-state index in [1.807, 2.05) is 5.43 Å². The van der Waals surface area contributed by atoms with Gasteiger partial charge in [0.15, 0.2) is 23.3 Å². The molecule has 9 heteroatoms. The second-order valence-corrected chi connectivity index (χ2v) is 4.21. The Morgan fingerprint density at radius 3 is 2.05 bits per heavy atom. The number of hydrogen-bond donors (Lipinski definition) is 2. The van der Waals surface area contributed by atoms with Crippen molar-refractivity contribution >= 4 is 0 Å². The summed E-state index contributed by atoms with van der Waals surface area (Å²) in [4.78, 5) is 0. The molecule has 0 spiro atoms. The summed E-state index contributed by atoms with van der Waals surface area (Å²) in [5, 5.41) is 3.87. The lowest BCUT2D eigenvalue weighted by Crippen LogP contribution is -2.31. The molecule has 0 radical (unpaired) electrons. The second kappa shape index (κ2) is 5.78. The molecule has 0 saturated carbocycles. The highest BCUT2D eigenvalue weighted by Crippen LogP contribution is 2.30. The number of benzene rings is 1. The van der Waals surface area contributed by atoms with E-state index in [9.17, 15) is 22.0 Å². The van der Waals surface area contributed by atoms with Crippen LogP contribution in [0.1, 0.15) is 24.1 Å². The molecule has 0 saturated heterocycles. The minimum absolute atomic E-state index is 0.169. The van der Waals surface area contributed by atoms with Crippen molar-refractivity contribution in [1.82, 2.24) is 15.2 Å².